The van der Waals surface area contributed by atoms with Crippen LogP contribution < -0.4 is 21.2 Å². The van der Waals surface area contributed by atoms with Crippen molar-refractivity contribution in [2.45, 2.75) is 85.6 Å². The van der Waals surface area contributed by atoms with Crippen LogP contribution in [-0.2, 0) is 23.8 Å². The number of ketones is 1. The summed E-state index contributed by atoms with van der Waals surface area (Å²) in [5, 5.41) is 62.9. The predicted octanol–water partition coefficient (Wildman–Crippen LogP) is 3.76. The van der Waals surface area contributed by atoms with Gasteiger partial charge in [0.25, 0.3) is 11.7 Å². The van der Waals surface area contributed by atoms with E-state index in [1.54, 1.807) is 33.8 Å². The summed E-state index contributed by atoms with van der Waals surface area (Å²) in [4.78, 5) is 51.4. The Morgan fingerprint density at radius 2 is 1.64 bits per heavy atom. The summed E-state index contributed by atoms with van der Waals surface area (Å²) < 4.78 is 23.3. The van der Waals surface area contributed by atoms with E-state index in [1.165, 1.54) is 53.0 Å². The van der Waals surface area contributed by atoms with E-state index in [0.29, 0.717) is 0 Å². The molecule has 0 saturated heterocycles. The number of carbonyl (C=O) groups is 4. The van der Waals surface area contributed by atoms with Crippen molar-refractivity contribution in [3.05, 3.63) is 52.8 Å². The van der Waals surface area contributed by atoms with Crippen molar-refractivity contribution >= 4 is 46.4 Å². The molecule has 0 aliphatic carbocycles. The van der Waals surface area contributed by atoms with Crippen LogP contribution in [0.4, 0.5) is 10.5 Å². The third-order valence-electron chi connectivity index (χ3n) is 10.4. The van der Waals surface area contributed by atoms with Gasteiger partial charge in [0, 0.05) is 61.2 Å². The van der Waals surface area contributed by atoms with Crippen molar-refractivity contribution in [3.63, 3.8) is 0 Å². The second-order valence-electron chi connectivity index (χ2n) is 14.4. The summed E-state index contributed by atoms with van der Waals surface area (Å²) in [5.41, 5.74) is 6.04. The molecule has 17 heteroatoms. The van der Waals surface area contributed by atoms with Crippen LogP contribution >= 0.6 is 0 Å². The van der Waals surface area contributed by atoms with Gasteiger partial charge in [-0.3, -0.25) is 14.4 Å². The first kappa shape index (κ1) is 43.1. The minimum atomic E-state index is -2.10. The fourth-order valence-electron chi connectivity index (χ4n) is 7.03. The molecule has 0 spiro atoms. The molecule has 17 nitrogen and oxygen atoms in total. The highest BCUT2D eigenvalue weighted by Crippen LogP contribution is 2.55. The number of fused-ring (bicyclic) bond motifs is 14. The Hall–Kier alpha value is -5.65. The minimum Gasteiger partial charge on any atom is -0.507 e. The van der Waals surface area contributed by atoms with Gasteiger partial charge in [-0.2, -0.15) is 5.10 Å². The number of benzene rings is 2. The van der Waals surface area contributed by atoms with Crippen LogP contribution in [0.2, 0.25) is 0 Å². The number of aromatic hydroxyl groups is 3. The van der Waals surface area contributed by atoms with E-state index in [0.717, 1.165) is 12.5 Å². The molecule has 5 rings (SSSR count). The molecule has 56 heavy (non-hydrogen) atoms. The van der Waals surface area contributed by atoms with E-state index in [4.69, 9.17) is 24.7 Å². The number of esters is 1. The standard InChI is InChI=1S/C39H50N4O13/c1-16-11-10-12-17(2)37(51)42-28-23(15-41-43-38(40)52)32(48)25-26(33(28)49)31(47)21(6)35-27(25)36(50)39(8,56-35)54-14-13-24(53-9)18(3)34(55-22(7)44)20(5)30(46)19(4)29(16)45/h10-16,18-20,24,29-30,34,45-49H,1-9H3,(H,42,51)(H3,40,43,52)/b11-10+,14-13+,17-12-,41-15+/t16-,18-,19-,20-,24+,29-,30+,34-,39+/m1/s1. The van der Waals surface area contributed by atoms with Gasteiger partial charge >= 0.3 is 17.8 Å². The van der Waals surface area contributed by atoms with Crippen molar-refractivity contribution < 1.29 is 63.7 Å². The maximum atomic E-state index is 14.2. The number of phenolic OH excluding ortho intramolecular Hbond substituents is 3. The number of aliphatic hydroxyl groups is 2. The van der Waals surface area contributed by atoms with Crippen molar-refractivity contribution in [1.82, 2.24) is 5.43 Å². The number of amides is 3. The first-order chi connectivity index (χ1) is 26.2. The average molecular weight is 783 g/mol. The normalized spacial score (nSPS) is 30.9. The fraction of sp³-hybridized carbons (Fsp3) is 0.462. The zero-order valence-electron chi connectivity index (χ0n) is 32.6. The van der Waals surface area contributed by atoms with Gasteiger partial charge in [-0.05, 0) is 19.9 Å². The van der Waals surface area contributed by atoms with E-state index in [9.17, 15) is 44.7 Å². The maximum absolute atomic E-state index is 14.2. The molecule has 2 aromatic rings. The number of allylic oxidation sites excluding steroid dienone is 2. The van der Waals surface area contributed by atoms with Crippen LogP contribution in [0.3, 0.4) is 0 Å². The number of primary amides is 1. The van der Waals surface area contributed by atoms with Gasteiger partial charge < -0.3 is 55.5 Å². The molecule has 3 heterocycles. The van der Waals surface area contributed by atoms with Gasteiger partial charge in [-0.1, -0.05) is 45.9 Å². The number of urea groups is 1. The van der Waals surface area contributed by atoms with Crippen LogP contribution in [0.25, 0.3) is 10.8 Å². The Labute approximate surface area is 323 Å². The summed E-state index contributed by atoms with van der Waals surface area (Å²) in [6.45, 7) is 12.2. The number of methoxy groups -OCH3 is 1. The molecule has 0 aromatic heterocycles. The van der Waals surface area contributed by atoms with E-state index in [1.807, 2.05) is 5.43 Å². The van der Waals surface area contributed by atoms with Crippen molar-refractivity contribution in [2.24, 2.45) is 34.5 Å². The monoisotopic (exact) mass is 782 g/mol. The van der Waals surface area contributed by atoms with E-state index in [-0.39, 0.29) is 33.4 Å². The Bertz CT molecular complexity index is 2030. The number of hydrogen-bond acceptors (Lipinski definition) is 14. The number of hydrazone groups is 1. The third kappa shape index (κ3) is 8.29. The number of nitrogens with one attached hydrogen (secondary N) is 2. The van der Waals surface area contributed by atoms with Gasteiger partial charge in [0.1, 0.15) is 23.4 Å². The summed E-state index contributed by atoms with van der Waals surface area (Å²) in [7, 11) is 1.40. The summed E-state index contributed by atoms with van der Waals surface area (Å²) >= 11 is 0. The molecule has 9 N–H and O–H groups in total. The molecule has 3 aliphatic rings. The quantitative estimate of drug-likeness (QED) is 0.0723. The molecular formula is C39H50N4O13. The number of anilines is 1. The highest BCUT2D eigenvalue weighted by Gasteiger charge is 2.50. The Kier molecular flexibility index (Phi) is 13.1. The molecule has 2 aromatic carbocycles. The SMILES string of the molecule is CO[C@H]1/C=C/O[C@@]2(C)Oc3c(C)c(O)c4c(O)c(c(/C=N/NC(N)=O)c(O)c4c3C2=O)NC(=O)/C(C)=C\C=C\[C@@H](C)[C@@H](O)[C@@H](C)[C@H](O)[C@@H](C)[C@H](OC(C)=O)[C@@H]1C. The van der Waals surface area contributed by atoms with Gasteiger partial charge in [-0.15, -0.1) is 0 Å². The molecular weight excluding hydrogens is 732 g/mol. The summed E-state index contributed by atoms with van der Waals surface area (Å²) in [5.74, 6) is -9.24. The molecule has 5 bridgehead atoms. The molecule has 304 valence electrons. The van der Waals surface area contributed by atoms with Gasteiger partial charge in [0.15, 0.2) is 5.75 Å². The summed E-state index contributed by atoms with van der Waals surface area (Å²) in [6.07, 6.45) is 4.02. The summed E-state index contributed by atoms with van der Waals surface area (Å²) in [6, 6.07) is -1.07. The Morgan fingerprint density at radius 3 is 2.25 bits per heavy atom. The van der Waals surface area contributed by atoms with Crippen LogP contribution in [0.15, 0.2) is 41.2 Å². The largest absolute Gasteiger partial charge is 0.507 e. The van der Waals surface area contributed by atoms with Gasteiger partial charge in [0.2, 0.25) is 0 Å². The lowest BCUT2D eigenvalue weighted by atomic mass is 9.78. The molecule has 0 unspecified atom stereocenters. The second kappa shape index (κ2) is 17.0. The average Bonchev–Trinajstić information content (AvgIpc) is 3.41. The first-order valence-electron chi connectivity index (χ1n) is 17.8. The maximum Gasteiger partial charge on any atom is 0.332 e. The number of rotatable bonds is 4. The van der Waals surface area contributed by atoms with Crippen LogP contribution in [-0.4, -0.2) is 92.8 Å². The highest BCUT2D eigenvalue weighted by molar-refractivity contribution is 6.23. The lowest BCUT2D eigenvalue weighted by Gasteiger charge is -2.38. The molecule has 9 atom stereocenters. The van der Waals surface area contributed by atoms with E-state index >= 15 is 0 Å². The number of nitrogens with zero attached hydrogens (tertiary/aromatic N) is 1. The smallest absolute Gasteiger partial charge is 0.332 e. The Balaban J connectivity index is 1.98. The number of phenols is 3. The number of hydrogen-bond donors (Lipinski definition) is 8. The van der Waals surface area contributed by atoms with Crippen molar-refractivity contribution in [1.29, 1.82) is 0 Å². The third-order valence-corrected chi connectivity index (χ3v) is 10.4. The number of nitrogens with two attached hydrogens (primary N) is 1. The number of aliphatic hydroxyl groups excluding tert-OH is 2. The fourth-order valence-corrected chi connectivity index (χ4v) is 7.03. The van der Waals surface area contributed by atoms with Crippen LogP contribution in [0.5, 0.6) is 23.0 Å². The topological polar surface area (TPSA) is 269 Å². The first-order valence-corrected chi connectivity index (χ1v) is 17.8. The number of Topliss-reactive ketones (excluding diaryl/α,β-unsaturated/α-hetero) is 1. The van der Waals surface area contributed by atoms with Crippen molar-refractivity contribution in [2.75, 3.05) is 12.4 Å². The van der Waals surface area contributed by atoms with Crippen LogP contribution in [0, 0.1) is 30.6 Å². The number of ether oxygens (including phenoxy) is 4. The lowest BCUT2D eigenvalue weighted by molar-refractivity contribution is -0.160. The lowest BCUT2D eigenvalue weighted by Crippen LogP contribution is -2.46. The van der Waals surface area contributed by atoms with Gasteiger partial charge in [0.05, 0.1) is 53.0 Å². The molecule has 3 aliphatic heterocycles. The highest BCUT2D eigenvalue weighted by atomic mass is 16.7. The minimum absolute atomic E-state index is 0.0154. The predicted molar refractivity (Wildman–Crippen MR) is 204 cm³/mol. The van der Waals surface area contributed by atoms with E-state index in [2.05, 4.69) is 10.4 Å². The van der Waals surface area contributed by atoms with E-state index < -0.39 is 106 Å². The Morgan fingerprint density at radius 1 is 0.982 bits per heavy atom. The number of carbonyl (C=O) groups excluding carboxylic acids is 4. The van der Waals surface area contributed by atoms with Gasteiger partial charge in [-0.25, -0.2) is 10.2 Å². The second-order valence-corrected chi connectivity index (χ2v) is 14.4. The zero-order chi connectivity index (χ0) is 42.0. The molecule has 0 radical (unpaired) electrons. The zero-order valence-corrected chi connectivity index (χ0v) is 32.6. The molecule has 3 amide bonds. The molecule has 0 fully saturated rings. The van der Waals surface area contributed by atoms with Crippen LogP contribution in [0.1, 0.15) is 70.0 Å². The van der Waals surface area contributed by atoms with Crippen molar-refractivity contribution in [3.8, 4) is 23.0 Å². The molecule has 0 saturated carbocycles.